The lowest BCUT2D eigenvalue weighted by Gasteiger charge is -2.33. The summed E-state index contributed by atoms with van der Waals surface area (Å²) in [6.07, 6.45) is -2.81. The first-order valence-corrected chi connectivity index (χ1v) is 10.4. The number of benzene rings is 1. The Bertz CT molecular complexity index is 776. The topological polar surface area (TPSA) is 88.0 Å². The van der Waals surface area contributed by atoms with E-state index in [9.17, 15) is 28.1 Å². The summed E-state index contributed by atoms with van der Waals surface area (Å²) in [5, 5.41) is 14.3. The van der Waals surface area contributed by atoms with Crippen molar-refractivity contribution in [3.63, 3.8) is 0 Å². The van der Waals surface area contributed by atoms with Crippen LogP contribution in [0.5, 0.6) is 0 Å². The van der Waals surface area contributed by atoms with Crippen LogP contribution in [0.25, 0.3) is 0 Å². The number of morpholine rings is 1. The zero-order valence-corrected chi connectivity index (χ0v) is 17.2. The molecule has 8 nitrogen and oxygen atoms in total. The molecule has 0 saturated carbocycles. The molecule has 2 heterocycles. The number of anilines is 1. The van der Waals surface area contributed by atoms with Gasteiger partial charge in [0.15, 0.2) is 0 Å². The summed E-state index contributed by atoms with van der Waals surface area (Å²) in [6, 6.07) is 2.57. The summed E-state index contributed by atoms with van der Waals surface area (Å²) in [6.45, 7) is 5.52. The van der Waals surface area contributed by atoms with Crippen LogP contribution in [0, 0.1) is 16.0 Å². The number of nitro benzene ring substituents is 1. The van der Waals surface area contributed by atoms with Gasteiger partial charge >= 0.3 is 6.18 Å². The minimum Gasteiger partial charge on any atom is -0.379 e. The molecule has 1 aromatic rings. The molecule has 0 spiro atoms. The number of rotatable bonds is 7. The van der Waals surface area contributed by atoms with Crippen molar-refractivity contribution in [1.82, 2.24) is 10.2 Å². The van der Waals surface area contributed by atoms with Crippen molar-refractivity contribution in [2.75, 3.05) is 57.4 Å². The molecule has 0 bridgehead atoms. The van der Waals surface area contributed by atoms with Gasteiger partial charge in [-0.3, -0.25) is 19.8 Å². The Kier molecular flexibility index (Phi) is 7.71. The number of carbonyl (C=O) groups excluding carboxylic acids is 1. The van der Waals surface area contributed by atoms with Crippen LogP contribution in [0.1, 0.15) is 24.8 Å². The molecule has 2 fully saturated rings. The summed E-state index contributed by atoms with van der Waals surface area (Å²) in [5.41, 5.74) is -1.46. The van der Waals surface area contributed by atoms with Gasteiger partial charge < -0.3 is 15.0 Å². The smallest absolute Gasteiger partial charge is 0.379 e. The summed E-state index contributed by atoms with van der Waals surface area (Å²) in [7, 11) is 0. The number of nitrogens with zero attached hydrogens (tertiary/aromatic N) is 3. The van der Waals surface area contributed by atoms with E-state index in [-0.39, 0.29) is 17.5 Å². The number of piperidine rings is 1. The van der Waals surface area contributed by atoms with Crippen molar-refractivity contribution >= 4 is 17.3 Å². The highest BCUT2D eigenvalue weighted by Crippen LogP contribution is 2.37. The second kappa shape index (κ2) is 10.3. The fraction of sp³-hybridized carbons (Fsp3) is 0.650. The molecule has 11 heteroatoms. The van der Waals surface area contributed by atoms with Gasteiger partial charge in [0.25, 0.3) is 5.69 Å². The quantitative estimate of drug-likeness (QED) is 0.395. The van der Waals surface area contributed by atoms with Crippen molar-refractivity contribution in [2.24, 2.45) is 5.92 Å². The first-order valence-electron chi connectivity index (χ1n) is 10.4. The minimum absolute atomic E-state index is 0.0384. The number of amides is 1. The van der Waals surface area contributed by atoms with E-state index in [4.69, 9.17) is 4.74 Å². The van der Waals surface area contributed by atoms with Crippen LogP contribution in [-0.4, -0.2) is 68.2 Å². The number of hydrogen-bond donors (Lipinski definition) is 1. The van der Waals surface area contributed by atoms with Crippen LogP contribution < -0.4 is 10.2 Å². The number of ether oxygens (including phenoxy) is 1. The lowest BCUT2D eigenvalue weighted by molar-refractivity contribution is -0.384. The third-order valence-corrected chi connectivity index (χ3v) is 5.76. The van der Waals surface area contributed by atoms with Crippen molar-refractivity contribution < 1.29 is 27.6 Å². The Balaban J connectivity index is 1.48. The molecule has 0 atom stereocenters. The fourth-order valence-electron chi connectivity index (χ4n) is 3.98. The zero-order chi connectivity index (χ0) is 22.4. The summed E-state index contributed by atoms with van der Waals surface area (Å²) >= 11 is 0. The lowest BCUT2D eigenvalue weighted by atomic mass is 9.95. The largest absolute Gasteiger partial charge is 0.416 e. The average Bonchev–Trinajstić information content (AvgIpc) is 2.76. The highest BCUT2D eigenvalue weighted by molar-refractivity contribution is 5.79. The zero-order valence-electron chi connectivity index (χ0n) is 17.2. The predicted molar refractivity (Wildman–Crippen MR) is 108 cm³/mol. The number of nitro groups is 1. The lowest BCUT2D eigenvalue weighted by Crippen LogP contribution is -2.42. The van der Waals surface area contributed by atoms with Gasteiger partial charge in [-0.2, -0.15) is 13.2 Å². The summed E-state index contributed by atoms with van der Waals surface area (Å²) in [4.78, 5) is 26.9. The van der Waals surface area contributed by atoms with Gasteiger partial charge in [0.1, 0.15) is 5.69 Å². The Labute approximate surface area is 178 Å². The molecule has 2 saturated heterocycles. The predicted octanol–water partition coefficient (Wildman–Crippen LogP) is 2.67. The minimum atomic E-state index is -4.64. The maximum Gasteiger partial charge on any atom is 0.416 e. The summed E-state index contributed by atoms with van der Waals surface area (Å²) in [5.74, 6) is -0.239. The van der Waals surface area contributed by atoms with Crippen LogP contribution in [0.3, 0.4) is 0 Å². The molecule has 0 unspecified atom stereocenters. The molecule has 3 rings (SSSR count). The number of alkyl halides is 3. The Morgan fingerprint density at radius 2 is 1.87 bits per heavy atom. The van der Waals surface area contributed by atoms with Gasteiger partial charge in [0.05, 0.1) is 23.7 Å². The molecular weight excluding hydrogens is 417 g/mol. The van der Waals surface area contributed by atoms with Gasteiger partial charge in [-0.05, 0) is 37.9 Å². The molecule has 31 heavy (non-hydrogen) atoms. The number of halogens is 3. The van der Waals surface area contributed by atoms with Crippen LogP contribution in [0.15, 0.2) is 18.2 Å². The van der Waals surface area contributed by atoms with E-state index in [1.807, 2.05) is 0 Å². The van der Waals surface area contributed by atoms with E-state index in [0.717, 1.165) is 51.4 Å². The second-order valence-electron chi connectivity index (χ2n) is 7.82. The van der Waals surface area contributed by atoms with Crippen LogP contribution >= 0.6 is 0 Å². The van der Waals surface area contributed by atoms with E-state index in [0.29, 0.717) is 38.5 Å². The van der Waals surface area contributed by atoms with Gasteiger partial charge in [-0.1, -0.05) is 0 Å². The normalized spacial score (nSPS) is 18.7. The molecule has 0 aliphatic carbocycles. The Morgan fingerprint density at radius 1 is 1.19 bits per heavy atom. The maximum absolute atomic E-state index is 12.9. The Hall–Kier alpha value is -2.40. The SMILES string of the molecule is O=C(NCCCN1CCOCC1)C1CCN(c2ccc(C(F)(F)F)cc2[N+](=O)[O-])CC1. The van der Waals surface area contributed by atoms with Crippen LogP contribution in [-0.2, 0) is 15.7 Å². The highest BCUT2D eigenvalue weighted by Gasteiger charge is 2.34. The summed E-state index contributed by atoms with van der Waals surface area (Å²) < 4.78 is 44.0. The number of carbonyl (C=O) groups is 1. The van der Waals surface area contributed by atoms with E-state index in [1.165, 1.54) is 0 Å². The highest BCUT2D eigenvalue weighted by atomic mass is 19.4. The van der Waals surface area contributed by atoms with Crippen LogP contribution in [0.2, 0.25) is 0 Å². The van der Waals surface area contributed by atoms with Gasteiger partial charge in [-0.25, -0.2) is 0 Å². The number of nitrogens with one attached hydrogen (secondary N) is 1. The molecule has 0 radical (unpaired) electrons. The van der Waals surface area contributed by atoms with E-state index in [2.05, 4.69) is 10.2 Å². The first kappa shape index (κ1) is 23.3. The van der Waals surface area contributed by atoms with Crippen molar-refractivity contribution in [1.29, 1.82) is 0 Å². The van der Waals surface area contributed by atoms with Gasteiger partial charge in [0.2, 0.25) is 5.91 Å². The molecular formula is C20H27F3N4O4. The van der Waals surface area contributed by atoms with Crippen LogP contribution in [0.4, 0.5) is 24.5 Å². The second-order valence-corrected chi connectivity index (χ2v) is 7.82. The standard InChI is InChI=1S/C20H27F3N4O4/c21-20(22,23)16-2-3-17(18(14-16)27(29)30)26-8-4-15(5-9-26)19(28)24-6-1-7-25-10-12-31-13-11-25/h2-3,14-15H,1,4-13H2,(H,24,28). The first-order chi connectivity index (χ1) is 14.8. The fourth-order valence-corrected chi connectivity index (χ4v) is 3.98. The number of hydrogen-bond acceptors (Lipinski definition) is 6. The molecule has 2 aliphatic rings. The van der Waals surface area contributed by atoms with E-state index in [1.54, 1.807) is 4.90 Å². The maximum atomic E-state index is 12.9. The van der Waals surface area contributed by atoms with E-state index >= 15 is 0 Å². The van der Waals surface area contributed by atoms with Crippen molar-refractivity contribution in [2.45, 2.75) is 25.4 Å². The molecule has 0 aromatic heterocycles. The molecule has 172 valence electrons. The molecule has 1 amide bonds. The molecule has 1 N–H and O–H groups in total. The third kappa shape index (κ3) is 6.30. The molecule has 1 aromatic carbocycles. The van der Waals surface area contributed by atoms with Crippen molar-refractivity contribution in [3.8, 4) is 0 Å². The van der Waals surface area contributed by atoms with Gasteiger partial charge in [0, 0.05) is 44.7 Å². The van der Waals surface area contributed by atoms with Crippen molar-refractivity contribution in [3.05, 3.63) is 33.9 Å². The third-order valence-electron chi connectivity index (χ3n) is 5.76. The average molecular weight is 444 g/mol. The van der Waals surface area contributed by atoms with E-state index < -0.39 is 22.4 Å². The monoisotopic (exact) mass is 444 g/mol. The van der Waals surface area contributed by atoms with Gasteiger partial charge in [-0.15, -0.1) is 0 Å². The Morgan fingerprint density at radius 3 is 2.48 bits per heavy atom. The molecule has 2 aliphatic heterocycles.